The smallest absolute Gasteiger partial charge is 0.477 e. The summed E-state index contributed by atoms with van der Waals surface area (Å²) in [7, 11) is 0. The van der Waals surface area contributed by atoms with Gasteiger partial charge in [-0.15, -0.1) is 11.3 Å². The lowest BCUT2D eigenvalue weighted by Gasteiger charge is -2.07. The molecule has 0 saturated heterocycles. The van der Waals surface area contributed by atoms with Gasteiger partial charge in [0, 0.05) is 22.5 Å². The molecule has 0 unspecified atom stereocenters. The highest BCUT2D eigenvalue weighted by Crippen LogP contribution is 2.30. The predicted molar refractivity (Wildman–Crippen MR) is 101 cm³/mol. The molecule has 0 aliphatic heterocycles. The number of anilines is 1. The monoisotopic (exact) mass is 427 g/mol. The molecule has 7 nitrogen and oxygen atoms in total. The van der Waals surface area contributed by atoms with Crippen LogP contribution in [0.25, 0.3) is 10.1 Å². The number of nitrogens with zero attached hydrogens (tertiary/aromatic N) is 2. The van der Waals surface area contributed by atoms with E-state index in [9.17, 15) is 18.0 Å². The van der Waals surface area contributed by atoms with E-state index in [4.69, 9.17) is 15.0 Å². The Bertz CT molecular complexity index is 1020. The second kappa shape index (κ2) is 9.32. The summed E-state index contributed by atoms with van der Waals surface area (Å²) in [5.41, 5.74) is 2.17. The number of fused-ring (bicyclic) bond motifs is 1. The summed E-state index contributed by atoms with van der Waals surface area (Å²) in [6.45, 7) is 2.66. The van der Waals surface area contributed by atoms with Crippen molar-refractivity contribution in [1.82, 2.24) is 9.97 Å². The number of alkyl halides is 3. The van der Waals surface area contributed by atoms with E-state index < -0.39 is 18.1 Å². The molecule has 3 N–H and O–H groups in total. The molecule has 0 radical (unpaired) electrons. The lowest BCUT2D eigenvalue weighted by Crippen LogP contribution is -2.21. The molecule has 0 aromatic carbocycles. The van der Waals surface area contributed by atoms with Gasteiger partial charge < -0.3 is 15.5 Å². The summed E-state index contributed by atoms with van der Waals surface area (Å²) in [6.07, 6.45) is -0.629. The number of pyridine rings is 2. The van der Waals surface area contributed by atoms with Crippen molar-refractivity contribution in [2.24, 2.45) is 0 Å². The van der Waals surface area contributed by atoms with E-state index in [0.717, 1.165) is 22.2 Å². The number of aryl methyl sites for hydroxylation is 1. The molecule has 3 rings (SSSR count). The molecule has 3 aromatic rings. The predicted octanol–water partition coefficient (Wildman–Crippen LogP) is 4.20. The Morgan fingerprint density at radius 2 is 1.79 bits per heavy atom. The molecular formula is C18H16F3N3O4S. The Hall–Kier alpha value is -3.21. The lowest BCUT2D eigenvalue weighted by atomic mass is 10.2. The first-order valence-electron chi connectivity index (χ1n) is 8.21. The van der Waals surface area contributed by atoms with Crippen LogP contribution >= 0.6 is 11.3 Å². The molecule has 0 fully saturated rings. The van der Waals surface area contributed by atoms with Gasteiger partial charge in [-0.2, -0.15) is 13.2 Å². The molecule has 0 atom stereocenters. The van der Waals surface area contributed by atoms with E-state index >= 15 is 0 Å². The van der Waals surface area contributed by atoms with Gasteiger partial charge in [-0.3, -0.25) is 4.98 Å². The third kappa shape index (κ3) is 6.14. The number of rotatable bonds is 5. The van der Waals surface area contributed by atoms with Gasteiger partial charge in [-0.05, 0) is 36.2 Å². The average Bonchev–Trinajstić information content (AvgIpc) is 3.11. The van der Waals surface area contributed by atoms with Crippen LogP contribution in [0.2, 0.25) is 0 Å². The highest BCUT2D eigenvalue weighted by molar-refractivity contribution is 7.20. The van der Waals surface area contributed by atoms with Gasteiger partial charge in [0.2, 0.25) is 0 Å². The maximum atomic E-state index is 11.1. The largest absolute Gasteiger partial charge is 0.490 e. The topological polar surface area (TPSA) is 112 Å². The lowest BCUT2D eigenvalue weighted by molar-refractivity contribution is -0.192. The standard InChI is InChI=1S/C16H15N3O2S.C2HF3O2/c1-2-10-3-5-17-11(7-10)9-19-15-12-8-14(16(20)21)22-13(12)4-6-18-15;3-2(4,5)1(6)7/h3-8H,2,9H2,1H3,(H,18,19)(H,20,21);(H,6,7). The van der Waals surface area contributed by atoms with Crippen LogP contribution in [-0.4, -0.2) is 38.3 Å². The molecule has 29 heavy (non-hydrogen) atoms. The number of hydrogen-bond donors (Lipinski definition) is 3. The molecule has 0 bridgehead atoms. The fourth-order valence-electron chi connectivity index (χ4n) is 2.23. The first-order chi connectivity index (χ1) is 13.6. The number of thiophene rings is 1. The van der Waals surface area contributed by atoms with Gasteiger partial charge in [0.1, 0.15) is 10.7 Å². The van der Waals surface area contributed by atoms with Crippen LogP contribution in [0.15, 0.2) is 36.7 Å². The van der Waals surface area contributed by atoms with Gasteiger partial charge in [0.15, 0.2) is 0 Å². The number of aromatic nitrogens is 2. The second-order valence-corrected chi connectivity index (χ2v) is 6.74. The van der Waals surface area contributed by atoms with Crippen LogP contribution in [-0.2, 0) is 17.8 Å². The zero-order chi connectivity index (χ0) is 21.6. The summed E-state index contributed by atoms with van der Waals surface area (Å²) in [6, 6.07) is 7.55. The maximum Gasteiger partial charge on any atom is 0.490 e. The SMILES string of the molecule is CCc1ccnc(CNc2nccc3sc(C(=O)O)cc23)c1.O=C(O)C(F)(F)F. The number of aliphatic carboxylic acids is 1. The van der Waals surface area contributed by atoms with Crippen molar-refractivity contribution in [2.75, 3.05) is 5.32 Å². The number of nitrogens with one attached hydrogen (secondary N) is 1. The van der Waals surface area contributed by atoms with E-state index in [0.29, 0.717) is 17.2 Å². The minimum Gasteiger partial charge on any atom is -0.477 e. The summed E-state index contributed by atoms with van der Waals surface area (Å²) < 4.78 is 32.6. The highest BCUT2D eigenvalue weighted by atomic mass is 32.1. The zero-order valence-corrected chi connectivity index (χ0v) is 15.8. The first-order valence-corrected chi connectivity index (χ1v) is 9.03. The Kier molecular flexibility index (Phi) is 7.10. The number of halogens is 3. The van der Waals surface area contributed by atoms with Gasteiger partial charge in [0.05, 0.1) is 12.2 Å². The van der Waals surface area contributed by atoms with Gasteiger partial charge in [-0.1, -0.05) is 6.92 Å². The summed E-state index contributed by atoms with van der Waals surface area (Å²) in [5, 5.41) is 20.3. The quantitative estimate of drug-likeness (QED) is 0.559. The van der Waals surface area contributed by atoms with Crippen LogP contribution < -0.4 is 5.32 Å². The Morgan fingerprint density at radius 3 is 2.38 bits per heavy atom. The Morgan fingerprint density at radius 1 is 1.14 bits per heavy atom. The Labute approximate surface area is 166 Å². The van der Waals surface area contributed by atoms with Gasteiger partial charge >= 0.3 is 18.1 Å². The molecule has 0 aliphatic rings. The molecule has 11 heteroatoms. The average molecular weight is 427 g/mol. The van der Waals surface area contributed by atoms with Crippen molar-refractivity contribution in [3.05, 3.63) is 52.8 Å². The third-order valence-electron chi connectivity index (χ3n) is 3.62. The minimum absolute atomic E-state index is 0.317. The second-order valence-electron chi connectivity index (χ2n) is 5.65. The van der Waals surface area contributed by atoms with Crippen molar-refractivity contribution in [3.8, 4) is 0 Å². The molecule has 154 valence electrons. The number of aromatic carboxylic acids is 1. The normalized spacial score (nSPS) is 10.9. The fourth-order valence-corrected chi connectivity index (χ4v) is 3.12. The van der Waals surface area contributed by atoms with Gasteiger partial charge in [-0.25, -0.2) is 14.6 Å². The number of carbonyl (C=O) groups is 2. The third-order valence-corrected chi connectivity index (χ3v) is 4.71. The highest BCUT2D eigenvalue weighted by Gasteiger charge is 2.38. The zero-order valence-electron chi connectivity index (χ0n) is 15.0. The number of hydrogen-bond acceptors (Lipinski definition) is 6. The van der Waals surface area contributed by atoms with Crippen molar-refractivity contribution in [2.45, 2.75) is 26.1 Å². The number of carboxylic acids is 2. The van der Waals surface area contributed by atoms with E-state index in [1.807, 2.05) is 12.1 Å². The van der Waals surface area contributed by atoms with Crippen molar-refractivity contribution >= 4 is 39.2 Å². The first kappa shape index (κ1) is 22.1. The van der Waals surface area contributed by atoms with Crippen LogP contribution in [0.3, 0.4) is 0 Å². The van der Waals surface area contributed by atoms with Crippen molar-refractivity contribution in [3.63, 3.8) is 0 Å². The van der Waals surface area contributed by atoms with Gasteiger partial charge in [0.25, 0.3) is 0 Å². The van der Waals surface area contributed by atoms with Crippen molar-refractivity contribution < 1.29 is 33.0 Å². The van der Waals surface area contributed by atoms with Crippen LogP contribution in [0.5, 0.6) is 0 Å². The van der Waals surface area contributed by atoms with Crippen LogP contribution in [0, 0.1) is 0 Å². The molecule has 0 saturated carbocycles. The molecule has 3 aromatic heterocycles. The van der Waals surface area contributed by atoms with E-state index in [2.05, 4.69) is 28.3 Å². The van der Waals surface area contributed by atoms with E-state index in [1.165, 1.54) is 16.9 Å². The fraction of sp³-hybridized carbons (Fsp3) is 0.222. The van der Waals surface area contributed by atoms with Crippen LogP contribution in [0.1, 0.15) is 27.9 Å². The van der Waals surface area contributed by atoms with Crippen LogP contribution in [0.4, 0.5) is 19.0 Å². The molecular weight excluding hydrogens is 411 g/mol. The summed E-state index contributed by atoms with van der Waals surface area (Å²) in [5.74, 6) is -2.98. The summed E-state index contributed by atoms with van der Waals surface area (Å²) in [4.78, 5) is 29.0. The Balaban J connectivity index is 0.000000370. The van der Waals surface area contributed by atoms with E-state index in [1.54, 1.807) is 18.5 Å². The van der Waals surface area contributed by atoms with Crippen molar-refractivity contribution in [1.29, 1.82) is 0 Å². The molecule has 3 heterocycles. The number of carboxylic acid groups (broad SMARTS) is 2. The summed E-state index contributed by atoms with van der Waals surface area (Å²) >= 11 is 1.25. The molecule has 0 aliphatic carbocycles. The van der Waals surface area contributed by atoms with E-state index in [-0.39, 0.29) is 0 Å². The molecule has 0 amide bonds. The minimum atomic E-state index is -5.08. The maximum absolute atomic E-state index is 11.1. The molecule has 0 spiro atoms.